The zero-order chi connectivity index (χ0) is 12.0. The van der Waals surface area contributed by atoms with E-state index in [1.165, 1.54) is 11.7 Å². The number of nitrogens with zero attached hydrogens (tertiary/aromatic N) is 1. The molecule has 1 aromatic heterocycles. The van der Waals surface area contributed by atoms with Gasteiger partial charge in [0.25, 0.3) is 0 Å². The monoisotopic (exact) mass is 226 g/mol. The molecule has 1 unspecified atom stereocenters. The predicted octanol–water partition coefficient (Wildman–Crippen LogP) is -0.0302. The van der Waals surface area contributed by atoms with Crippen LogP contribution in [0.1, 0.15) is 6.42 Å². The van der Waals surface area contributed by atoms with E-state index in [0.29, 0.717) is 0 Å². The lowest BCUT2D eigenvalue weighted by atomic mass is 10.2. The Morgan fingerprint density at radius 1 is 1.44 bits per heavy atom. The van der Waals surface area contributed by atoms with Crippen LogP contribution in [-0.4, -0.2) is 41.4 Å². The lowest BCUT2D eigenvalue weighted by molar-refractivity contribution is -0.143. The van der Waals surface area contributed by atoms with Crippen molar-refractivity contribution in [3.63, 3.8) is 0 Å². The molecule has 0 spiro atoms. The fourth-order valence-electron chi connectivity index (χ4n) is 1.21. The van der Waals surface area contributed by atoms with Gasteiger partial charge in [-0.15, -0.1) is 0 Å². The number of amides is 1. The maximum Gasteiger partial charge on any atom is 0.328 e. The molecule has 1 atom stereocenters. The molecule has 0 saturated carbocycles. The third-order valence-electron chi connectivity index (χ3n) is 2.04. The average molecular weight is 226 g/mol. The van der Waals surface area contributed by atoms with Gasteiger partial charge in [-0.1, -0.05) is 0 Å². The molecule has 0 aliphatic rings. The van der Waals surface area contributed by atoms with Crippen LogP contribution in [0.15, 0.2) is 24.5 Å². The van der Waals surface area contributed by atoms with E-state index < -0.39 is 18.0 Å². The molecular weight excluding hydrogens is 212 g/mol. The van der Waals surface area contributed by atoms with E-state index in [9.17, 15) is 9.59 Å². The number of rotatable bonds is 4. The fourth-order valence-corrected chi connectivity index (χ4v) is 1.21. The summed E-state index contributed by atoms with van der Waals surface area (Å²) in [6, 6.07) is 2.12. The lowest BCUT2D eigenvalue weighted by Gasteiger charge is -2.15. The molecule has 6 nitrogen and oxygen atoms in total. The smallest absolute Gasteiger partial charge is 0.328 e. The van der Waals surface area contributed by atoms with Crippen molar-refractivity contribution >= 4 is 12.0 Å². The van der Waals surface area contributed by atoms with Crippen molar-refractivity contribution in [1.82, 2.24) is 9.88 Å². The second kappa shape index (κ2) is 5.92. The van der Waals surface area contributed by atoms with Crippen molar-refractivity contribution in [2.45, 2.75) is 12.5 Å². The molecule has 16 heavy (non-hydrogen) atoms. The molecule has 0 saturated heterocycles. The molecule has 1 aromatic rings. The van der Waals surface area contributed by atoms with Gasteiger partial charge in [-0.2, -0.15) is 0 Å². The molecule has 0 aliphatic carbocycles. The summed E-state index contributed by atoms with van der Waals surface area (Å²) in [7, 11) is 1.23. The minimum atomic E-state index is -0.829. The summed E-state index contributed by atoms with van der Waals surface area (Å²) in [6.07, 6.45) is 3.24. The molecule has 0 radical (unpaired) electrons. The van der Waals surface area contributed by atoms with Crippen molar-refractivity contribution < 1.29 is 19.4 Å². The van der Waals surface area contributed by atoms with Crippen LogP contribution in [0.2, 0.25) is 0 Å². The highest BCUT2D eigenvalue weighted by molar-refractivity contribution is 5.84. The van der Waals surface area contributed by atoms with Gasteiger partial charge in [-0.25, -0.2) is 9.59 Å². The Morgan fingerprint density at radius 3 is 2.56 bits per heavy atom. The van der Waals surface area contributed by atoms with Crippen LogP contribution in [-0.2, 0) is 9.53 Å². The average Bonchev–Trinajstić information content (AvgIpc) is 2.80. The molecule has 1 amide bonds. The van der Waals surface area contributed by atoms with Gasteiger partial charge in [0.1, 0.15) is 6.04 Å². The third kappa shape index (κ3) is 3.09. The van der Waals surface area contributed by atoms with Crippen molar-refractivity contribution in [2.24, 2.45) is 0 Å². The lowest BCUT2D eigenvalue weighted by Crippen LogP contribution is -2.43. The zero-order valence-corrected chi connectivity index (χ0v) is 8.92. The number of hydrogen-bond donors (Lipinski definition) is 2. The molecule has 6 heteroatoms. The number of carbonyl (C=O) groups is 2. The van der Waals surface area contributed by atoms with E-state index in [1.54, 1.807) is 24.5 Å². The van der Waals surface area contributed by atoms with Crippen LogP contribution in [0.3, 0.4) is 0 Å². The Balaban J connectivity index is 2.61. The van der Waals surface area contributed by atoms with Crippen LogP contribution < -0.4 is 5.32 Å². The van der Waals surface area contributed by atoms with Crippen LogP contribution in [0.5, 0.6) is 0 Å². The maximum atomic E-state index is 11.6. The van der Waals surface area contributed by atoms with Crippen LogP contribution in [0.4, 0.5) is 4.79 Å². The number of aromatic nitrogens is 1. The largest absolute Gasteiger partial charge is 0.467 e. The number of aliphatic hydroxyl groups is 1. The molecule has 2 N–H and O–H groups in total. The molecule has 0 bridgehead atoms. The molecule has 1 rings (SSSR count). The van der Waals surface area contributed by atoms with Crippen LogP contribution in [0.25, 0.3) is 0 Å². The number of carbonyl (C=O) groups excluding carboxylic acids is 2. The van der Waals surface area contributed by atoms with Crippen molar-refractivity contribution in [3.05, 3.63) is 24.5 Å². The second-order valence-corrected chi connectivity index (χ2v) is 3.13. The standard InChI is InChI=1S/C10H14N2O4/c1-16-9(14)8(4-7-13)11-10(15)12-5-2-3-6-12/h2-3,5-6,8,13H,4,7H2,1H3,(H,11,15). The summed E-state index contributed by atoms with van der Waals surface area (Å²) in [5.74, 6) is -0.574. The molecule has 88 valence electrons. The van der Waals surface area contributed by atoms with E-state index in [4.69, 9.17) is 5.11 Å². The van der Waals surface area contributed by atoms with Gasteiger partial charge in [0.05, 0.1) is 7.11 Å². The first-order valence-electron chi connectivity index (χ1n) is 4.81. The van der Waals surface area contributed by atoms with Gasteiger partial charge in [0.2, 0.25) is 0 Å². The van der Waals surface area contributed by atoms with Crippen molar-refractivity contribution in [2.75, 3.05) is 13.7 Å². The summed E-state index contributed by atoms with van der Waals surface area (Å²) < 4.78 is 5.81. The molecular formula is C10H14N2O4. The quantitative estimate of drug-likeness (QED) is 0.706. The second-order valence-electron chi connectivity index (χ2n) is 3.13. The molecule has 0 aliphatic heterocycles. The summed E-state index contributed by atoms with van der Waals surface area (Å²) >= 11 is 0. The van der Waals surface area contributed by atoms with E-state index in [2.05, 4.69) is 10.1 Å². The number of methoxy groups -OCH3 is 1. The molecule has 0 aromatic carbocycles. The van der Waals surface area contributed by atoms with Gasteiger partial charge in [-0.3, -0.25) is 4.57 Å². The highest BCUT2D eigenvalue weighted by Crippen LogP contribution is 1.97. The Kier molecular flexibility index (Phi) is 4.53. The first-order valence-corrected chi connectivity index (χ1v) is 4.81. The van der Waals surface area contributed by atoms with E-state index in [1.807, 2.05) is 0 Å². The summed E-state index contributed by atoms with van der Waals surface area (Å²) in [4.78, 5) is 22.8. The van der Waals surface area contributed by atoms with Crippen LogP contribution in [0, 0.1) is 0 Å². The Morgan fingerprint density at radius 2 is 2.06 bits per heavy atom. The maximum absolute atomic E-state index is 11.6. The fraction of sp³-hybridized carbons (Fsp3) is 0.400. The molecule has 1 heterocycles. The summed E-state index contributed by atoms with van der Waals surface area (Å²) in [5.41, 5.74) is 0. The van der Waals surface area contributed by atoms with Gasteiger partial charge >= 0.3 is 12.0 Å². The first kappa shape index (κ1) is 12.3. The Hall–Kier alpha value is -1.82. The minimum absolute atomic E-state index is 0.125. The van der Waals surface area contributed by atoms with Gasteiger partial charge in [-0.05, 0) is 12.1 Å². The number of hydrogen-bond acceptors (Lipinski definition) is 4. The normalized spacial score (nSPS) is 11.9. The zero-order valence-electron chi connectivity index (χ0n) is 8.92. The van der Waals surface area contributed by atoms with Crippen molar-refractivity contribution in [1.29, 1.82) is 0 Å². The number of esters is 1. The van der Waals surface area contributed by atoms with E-state index in [-0.39, 0.29) is 13.0 Å². The first-order chi connectivity index (χ1) is 7.69. The Bertz CT molecular complexity index is 348. The number of ether oxygens (including phenoxy) is 1. The van der Waals surface area contributed by atoms with Gasteiger partial charge in [0, 0.05) is 25.4 Å². The number of nitrogens with one attached hydrogen (secondary N) is 1. The van der Waals surface area contributed by atoms with Gasteiger partial charge in [0.15, 0.2) is 0 Å². The third-order valence-corrected chi connectivity index (χ3v) is 2.04. The predicted molar refractivity (Wildman–Crippen MR) is 55.9 cm³/mol. The summed E-state index contributed by atoms with van der Waals surface area (Å²) in [5, 5.41) is 11.2. The highest BCUT2D eigenvalue weighted by atomic mass is 16.5. The topological polar surface area (TPSA) is 80.6 Å². The van der Waals surface area contributed by atoms with E-state index in [0.717, 1.165) is 0 Å². The number of aliphatic hydroxyl groups excluding tert-OH is 1. The van der Waals surface area contributed by atoms with Crippen LogP contribution >= 0.6 is 0 Å². The van der Waals surface area contributed by atoms with Crippen molar-refractivity contribution in [3.8, 4) is 0 Å². The van der Waals surface area contributed by atoms with Gasteiger partial charge < -0.3 is 15.2 Å². The minimum Gasteiger partial charge on any atom is -0.467 e. The van der Waals surface area contributed by atoms with E-state index >= 15 is 0 Å². The molecule has 0 fully saturated rings. The highest BCUT2D eigenvalue weighted by Gasteiger charge is 2.21. The SMILES string of the molecule is COC(=O)C(CCO)NC(=O)n1cccc1. The summed E-state index contributed by atoms with van der Waals surface area (Å²) in [6.45, 7) is -0.203. The Labute approximate surface area is 92.8 Å².